The van der Waals surface area contributed by atoms with E-state index in [-0.39, 0.29) is 5.91 Å². The second-order valence-corrected chi connectivity index (χ2v) is 8.00. The Kier molecular flexibility index (Phi) is 8.91. The number of ether oxygens (including phenoxy) is 2. The number of aliphatic hydroxyl groups excluding tert-OH is 1. The SMILES string of the molecule is CCOc1cccnc1N1CCN(CC(O)c2ccc(OC)c(C(=O)N(CC)CC)c2)CC1. The van der Waals surface area contributed by atoms with Crippen molar-refractivity contribution in [3.8, 4) is 11.5 Å². The van der Waals surface area contributed by atoms with E-state index in [0.29, 0.717) is 37.6 Å². The van der Waals surface area contributed by atoms with Gasteiger partial charge in [-0.3, -0.25) is 9.69 Å². The number of hydrogen-bond acceptors (Lipinski definition) is 7. The molecule has 3 rings (SSSR count). The average Bonchev–Trinajstić information content (AvgIpc) is 2.85. The van der Waals surface area contributed by atoms with Gasteiger partial charge in [-0.05, 0) is 50.6 Å². The van der Waals surface area contributed by atoms with Gasteiger partial charge in [0.05, 0.1) is 25.4 Å². The van der Waals surface area contributed by atoms with Gasteiger partial charge in [-0.1, -0.05) is 6.07 Å². The van der Waals surface area contributed by atoms with Gasteiger partial charge in [-0.15, -0.1) is 0 Å². The Morgan fingerprint density at radius 2 is 1.85 bits per heavy atom. The molecule has 1 aromatic heterocycles. The van der Waals surface area contributed by atoms with Crippen molar-refractivity contribution in [1.29, 1.82) is 0 Å². The highest BCUT2D eigenvalue weighted by Gasteiger charge is 2.24. The highest BCUT2D eigenvalue weighted by Crippen LogP contribution is 2.28. The molecular formula is C25H36N4O4. The number of anilines is 1. The van der Waals surface area contributed by atoms with Gasteiger partial charge in [0.15, 0.2) is 11.6 Å². The fourth-order valence-electron chi connectivity index (χ4n) is 4.16. The molecule has 0 saturated carbocycles. The first-order valence-electron chi connectivity index (χ1n) is 11.7. The fourth-order valence-corrected chi connectivity index (χ4v) is 4.16. The van der Waals surface area contributed by atoms with Crippen molar-refractivity contribution in [1.82, 2.24) is 14.8 Å². The topological polar surface area (TPSA) is 78.4 Å². The van der Waals surface area contributed by atoms with Crippen LogP contribution in [0.15, 0.2) is 36.5 Å². The molecule has 1 aromatic carbocycles. The fraction of sp³-hybridized carbons (Fsp3) is 0.520. The van der Waals surface area contributed by atoms with Crippen LogP contribution in [0.3, 0.4) is 0 Å². The largest absolute Gasteiger partial charge is 0.496 e. The van der Waals surface area contributed by atoms with Crippen LogP contribution in [0.4, 0.5) is 5.82 Å². The minimum Gasteiger partial charge on any atom is -0.496 e. The van der Waals surface area contributed by atoms with Crippen LogP contribution in [0.2, 0.25) is 0 Å². The van der Waals surface area contributed by atoms with Gasteiger partial charge in [-0.2, -0.15) is 0 Å². The second kappa shape index (κ2) is 11.9. The summed E-state index contributed by atoms with van der Waals surface area (Å²) in [5.41, 5.74) is 1.21. The Morgan fingerprint density at radius 3 is 2.48 bits per heavy atom. The lowest BCUT2D eigenvalue weighted by Gasteiger charge is -2.36. The molecule has 8 heteroatoms. The van der Waals surface area contributed by atoms with Crippen molar-refractivity contribution in [2.45, 2.75) is 26.9 Å². The van der Waals surface area contributed by atoms with Gasteiger partial charge >= 0.3 is 0 Å². The predicted octanol–water partition coefficient (Wildman–Crippen LogP) is 2.83. The van der Waals surface area contributed by atoms with Crippen LogP contribution in [-0.2, 0) is 0 Å². The molecular weight excluding hydrogens is 420 g/mol. The number of aliphatic hydroxyl groups is 1. The summed E-state index contributed by atoms with van der Waals surface area (Å²) < 4.78 is 11.1. The minimum absolute atomic E-state index is 0.0834. The number of amides is 1. The first kappa shape index (κ1) is 24.8. The lowest BCUT2D eigenvalue weighted by molar-refractivity contribution is 0.0768. The quantitative estimate of drug-likeness (QED) is 0.589. The summed E-state index contributed by atoms with van der Waals surface area (Å²) in [7, 11) is 1.56. The molecule has 8 nitrogen and oxygen atoms in total. The first-order valence-corrected chi connectivity index (χ1v) is 11.7. The number of β-amino-alcohol motifs (C(OH)–C–C–N with tert-alkyl or cyclic N) is 1. The molecule has 33 heavy (non-hydrogen) atoms. The molecule has 1 saturated heterocycles. The van der Waals surface area contributed by atoms with Crippen LogP contribution in [0.5, 0.6) is 11.5 Å². The molecule has 2 heterocycles. The average molecular weight is 457 g/mol. The van der Waals surface area contributed by atoms with E-state index in [2.05, 4.69) is 14.8 Å². The Balaban J connectivity index is 1.65. The molecule has 2 aromatic rings. The van der Waals surface area contributed by atoms with Crippen LogP contribution in [0.25, 0.3) is 0 Å². The third-order valence-corrected chi connectivity index (χ3v) is 6.04. The monoisotopic (exact) mass is 456 g/mol. The number of carbonyl (C=O) groups excluding carboxylic acids is 1. The third kappa shape index (κ3) is 5.94. The zero-order valence-electron chi connectivity index (χ0n) is 20.2. The molecule has 180 valence electrons. The molecule has 1 N–H and O–H groups in total. The normalized spacial score (nSPS) is 15.2. The summed E-state index contributed by atoms with van der Waals surface area (Å²) in [6.07, 6.45) is 1.09. The van der Waals surface area contributed by atoms with Crippen molar-refractivity contribution < 1.29 is 19.4 Å². The Morgan fingerprint density at radius 1 is 1.12 bits per heavy atom. The van der Waals surface area contributed by atoms with E-state index in [0.717, 1.165) is 43.3 Å². The first-order chi connectivity index (χ1) is 16.0. The summed E-state index contributed by atoms with van der Waals surface area (Å²) in [4.78, 5) is 23.7. The Bertz CT molecular complexity index is 911. The lowest BCUT2D eigenvalue weighted by atomic mass is 10.0. The van der Waals surface area contributed by atoms with Crippen molar-refractivity contribution >= 4 is 11.7 Å². The summed E-state index contributed by atoms with van der Waals surface area (Å²) in [6, 6.07) is 9.20. The van der Waals surface area contributed by atoms with E-state index in [1.807, 2.05) is 39.0 Å². The molecule has 1 unspecified atom stereocenters. The van der Waals surface area contributed by atoms with Crippen LogP contribution in [0, 0.1) is 0 Å². The van der Waals surface area contributed by atoms with Crippen molar-refractivity contribution in [3.63, 3.8) is 0 Å². The number of methoxy groups -OCH3 is 1. The maximum Gasteiger partial charge on any atom is 0.257 e. The standard InChI is InChI=1S/C25H36N4O4/c1-5-28(6-2)25(31)20-17-19(10-11-22(20)32-4)21(30)18-27-13-15-29(16-14-27)24-23(33-7-3)9-8-12-26-24/h8-12,17,21,30H,5-7,13-16,18H2,1-4H3. The van der Waals surface area contributed by atoms with Crippen LogP contribution in [0.1, 0.15) is 42.8 Å². The molecule has 1 aliphatic rings. The number of benzene rings is 1. The zero-order chi connectivity index (χ0) is 23.8. The van der Waals surface area contributed by atoms with E-state index in [1.165, 1.54) is 0 Å². The van der Waals surface area contributed by atoms with Crippen LogP contribution < -0.4 is 14.4 Å². The number of pyridine rings is 1. The Hall–Kier alpha value is -2.84. The summed E-state index contributed by atoms with van der Waals surface area (Å²) in [5.74, 6) is 2.11. The van der Waals surface area contributed by atoms with Crippen LogP contribution in [-0.4, -0.2) is 85.3 Å². The van der Waals surface area contributed by atoms with E-state index in [1.54, 1.807) is 30.3 Å². The third-order valence-electron chi connectivity index (χ3n) is 6.04. The summed E-state index contributed by atoms with van der Waals surface area (Å²) in [5, 5.41) is 10.9. The smallest absolute Gasteiger partial charge is 0.257 e. The van der Waals surface area contributed by atoms with E-state index in [9.17, 15) is 9.90 Å². The van der Waals surface area contributed by atoms with E-state index in [4.69, 9.17) is 9.47 Å². The molecule has 1 aliphatic heterocycles. The maximum absolute atomic E-state index is 12.9. The minimum atomic E-state index is -0.695. The highest BCUT2D eigenvalue weighted by molar-refractivity contribution is 5.97. The number of aromatic nitrogens is 1. The van der Waals surface area contributed by atoms with Crippen molar-refractivity contribution in [3.05, 3.63) is 47.7 Å². The van der Waals surface area contributed by atoms with E-state index >= 15 is 0 Å². The maximum atomic E-state index is 12.9. The number of rotatable bonds is 10. The van der Waals surface area contributed by atoms with Gasteiger partial charge in [0, 0.05) is 52.0 Å². The second-order valence-electron chi connectivity index (χ2n) is 8.00. The summed E-state index contributed by atoms with van der Waals surface area (Å²) >= 11 is 0. The number of hydrogen-bond donors (Lipinski definition) is 1. The molecule has 0 spiro atoms. The molecule has 1 amide bonds. The molecule has 0 radical (unpaired) electrons. The van der Waals surface area contributed by atoms with Crippen molar-refractivity contribution in [2.75, 3.05) is 64.4 Å². The number of nitrogens with zero attached hydrogens (tertiary/aromatic N) is 4. The summed E-state index contributed by atoms with van der Waals surface area (Å²) in [6.45, 7) is 11.4. The highest BCUT2D eigenvalue weighted by atomic mass is 16.5. The Labute approximate surface area is 196 Å². The van der Waals surface area contributed by atoms with Gasteiger partial charge in [0.2, 0.25) is 0 Å². The molecule has 1 fully saturated rings. The van der Waals surface area contributed by atoms with Crippen LogP contribution >= 0.6 is 0 Å². The number of piperazine rings is 1. The van der Waals surface area contributed by atoms with Gasteiger partial charge in [0.25, 0.3) is 5.91 Å². The van der Waals surface area contributed by atoms with E-state index < -0.39 is 6.10 Å². The number of carbonyl (C=O) groups is 1. The molecule has 0 bridgehead atoms. The van der Waals surface area contributed by atoms with Gasteiger partial charge < -0.3 is 24.4 Å². The predicted molar refractivity (Wildman–Crippen MR) is 129 cm³/mol. The molecule has 1 atom stereocenters. The lowest BCUT2D eigenvalue weighted by Crippen LogP contribution is -2.48. The van der Waals surface area contributed by atoms with Gasteiger partial charge in [-0.25, -0.2) is 4.98 Å². The van der Waals surface area contributed by atoms with Gasteiger partial charge in [0.1, 0.15) is 5.75 Å². The van der Waals surface area contributed by atoms with Crippen molar-refractivity contribution in [2.24, 2.45) is 0 Å². The zero-order valence-corrected chi connectivity index (χ0v) is 20.2. The molecule has 0 aliphatic carbocycles.